The van der Waals surface area contributed by atoms with Crippen LogP contribution in [0.2, 0.25) is 0 Å². The van der Waals surface area contributed by atoms with E-state index in [4.69, 9.17) is 0 Å². The third-order valence-corrected chi connectivity index (χ3v) is 3.87. The lowest BCUT2D eigenvalue weighted by atomic mass is 10.1. The Balaban J connectivity index is 1.69. The van der Waals surface area contributed by atoms with Crippen LogP contribution in [0.15, 0.2) is 48.5 Å². The number of H-pyrrole nitrogens is 1. The van der Waals surface area contributed by atoms with E-state index in [1.807, 2.05) is 12.1 Å². The lowest BCUT2D eigenvalue weighted by Crippen LogP contribution is -2.01. The molecule has 0 aliphatic heterocycles. The zero-order valence-electron chi connectivity index (χ0n) is 11.5. The van der Waals surface area contributed by atoms with Crippen molar-refractivity contribution < 1.29 is 13.5 Å². The fourth-order valence-corrected chi connectivity index (χ4v) is 2.90. The fraction of sp³-hybridized carbons (Fsp3) is 0.118. The molecule has 0 unspecified atom stereocenters. The van der Waals surface area contributed by atoms with Gasteiger partial charge in [-0.1, -0.05) is 24.3 Å². The van der Waals surface area contributed by atoms with Crippen molar-refractivity contribution in [2.75, 3.05) is 0 Å². The Morgan fingerprint density at radius 3 is 2.59 bits per heavy atom. The monoisotopic (exact) mass is 298 g/mol. The van der Waals surface area contributed by atoms with Crippen molar-refractivity contribution in [1.29, 1.82) is 0 Å². The molecule has 5 heteroatoms. The number of nitrogens with zero attached hydrogens (tertiary/aromatic N) is 1. The van der Waals surface area contributed by atoms with Crippen molar-refractivity contribution >= 4 is 0 Å². The number of aromatic amines is 1. The molecule has 22 heavy (non-hydrogen) atoms. The average Bonchev–Trinajstić information content (AvgIpc) is 3.06. The van der Waals surface area contributed by atoms with Crippen LogP contribution in [0.5, 0.6) is 5.75 Å². The van der Waals surface area contributed by atoms with Crippen LogP contribution < -0.4 is 4.74 Å². The second-order valence-corrected chi connectivity index (χ2v) is 5.16. The Hall–Kier alpha value is -2.69. The van der Waals surface area contributed by atoms with Crippen molar-refractivity contribution in [2.24, 2.45) is 0 Å². The van der Waals surface area contributed by atoms with Crippen LogP contribution in [0.25, 0.3) is 22.5 Å². The summed E-state index contributed by atoms with van der Waals surface area (Å²) in [6, 6.07) is 14.8. The maximum Gasteiger partial charge on any atom is 0.387 e. The molecule has 110 valence electrons. The summed E-state index contributed by atoms with van der Waals surface area (Å²) in [6.07, 6.45) is 0.826. The number of hydrogen-bond donors (Lipinski definition) is 1. The Kier molecular flexibility index (Phi) is 2.92. The van der Waals surface area contributed by atoms with Crippen molar-refractivity contribution in [2.45, 2.75) is 13.0 Å². The molecule has 1 aromatic heterocycles. The van der Waals surface area contributed by atoms with Gasteiger partial charge in [-0.3, -0.25) is 5.10 Å². The van der Waals surface area contributed by atoms with E-state index in [0.29, 0.717) is 0 Å². The summed E-state index contributed by atoms with van der Waals surface area (Å²) in [6.45, 7) is -2.81. The van der Waals surface area contributed by atoms with Gasteiger partial charge in [-0.05, 0) is 29.8 Å². The first kappa shape index (κ1) is 13.0. The summed E-state index contributed by atoms with van der Waals surface area (Å²) in [5, 5.41) is 7.47. The maximum atomic E-state index is 12.2. The van der Waals surface area contributed by atoms with Crippen LogP contribution in [0.4, 0.5) is 8.78 Å². The summed E-state index contributed by atoms with van der Waals surface area (Å²) >= 11 is 0. The summed E-state index contributed by atoms with van der Waals surface area (Å²) in [7, 11) is 0. The molecule has 4 rings (SSSR count). The SMILES string of the molecule is FC(F)Oc1ccc(-c2n[nH]c3c2Cc2ccccc2-3)cc1. The van der Waals surface area contributed by atoms with E-state index in [2.05, 4.69) is 27.1 Å². The molecule has 3 aromatic rings. The van der Waals surface area contributed by atoms with Crippen LogP contribution in [0.1, 0.15) is 11.1 Å². The fourth-order valence-electron chi connectivity index (χ4n) is 2.90. The molecule has 0 saturated carbocycles. The third-order valence-electron chi connectivity index (χ3n) is 3.87. The van der Waals surface area contributed by atoms with Gasteiger partial charge in [0, 0.05) is 23.1 Å². The zero-order chi connectivity index (χ0) is 15.1. The highest BCUT2D eigenvalue weighted by atomic mass is 19.3. The van der Waals surface area contributed by atoms with Gasteiger partial charge in [0.1, 0.15) is 5.75 Å². The van der Waals surface area contributed by atoms with Gasteiger partial charge >= 0.3 is 6.61 Å². The highest BCUT2D eigenvalue weighted by Gasteiger charge is 2.24. The lowest BCUT2D eigenvalue weighted by Gasteiger charge is -2.05. The molecule has 1 aliphatic rings. The quantitative estimate of drug-likeness (QED) is 0.614. The Bertz CT molecular complexity index is 825. The van der Waals surface area contributed by atoms with Gasteiger partial charge in [-0.15, -0.1) is 0 Å². The van der Waals surface area contributed by atoms with E-state index >= 15 is 0 Å². The third kappa shape index (κ3) is 2.06. The summed E-state index contributed by atoms with van der Waals surface area (Å²) in [4.78, 5) is 0. The molecule has 0 amide bonds. The molecule has 1 N–H and O–H groups in total. The molecule has 1 heterocycles. The number of hydrogen-bond acceptors (Lipinski definition) is 2. The normalized spacial score (nSPS) is 12.3. The van der Waals surface area contributed by atoms with Crippen LogP contribution in [-0.2, 0) is 6.42 Å². The first-order valence-corrected chi connectivity index (χ1v) is 6.93. The first-order chi connectivity index (χ1) is 10.7. The Labute approximate surface area is 125 Å². The van der Waals surface area contributed by atoms with Gasteiger partial charge in [0.05, 0.1) is 11.4 Å². The highest BCUT2D eigenvalue weighted by Crippen LogP contribution is 2.39. The molecule has 2 aromatic carbocycles. The van der Waals surface area contributed by atoms with Crippen molar-refractivity contribution in [1.82, 2.24) is 10.2 Å². The first-order valence-electron chi connectivity index (χ1n) is 6.93. The summed E-state index contributed by atoms with van der Waals surface area (Å²) in [5.74, 6) is 0.147. The number of nitrogens with one attached hydrogen (secondary N) is 1. The van der Waals surface area contributed by atoms with E-state index in [9.17, 15) is 8.78 Å². The van der Waals surface area contributed by atoms with E-state index in [0.717, 1.165) is 28.9 Å². The molecule has 3 nitrogen and oxygen atoms in total. The molecule has 0 atom stereocenters. The van der Waals surface area contributed by atoms with Crippen LogP contribution in [0, 0.1) is 0 Å². The second kappa shape index (κ2) is 4.94. The number of benzene rings is 2. The van der Waals surface area contributed by atoms with Crippen molar-refractivity contribution in [3.8, 4) is 28.3 Å². The van der Waals surface area contributed by atoms with E-state index in [1.165, 1.54) is 23.3 Å². The van der Waals surface area contributed by atoms with Gasteiger partial charge < -0.3 is 4.74 Å². The topological polar surface area (TPSA) is 37.9 Å². The minimum absolute atomic E-state index is 0.147. The van der Waals surface area contributed by atoms with Crippen LogP contribution in [-0.4, -0.2) is 16.8 Å². The molecule has 0 radical (unpaired) electrons. The molecule has 0 spiro atoms. The van der Waals surface area contributed by atoms with Gasteiger partial charge in [0.15, 0.2) is 0 Å². The molecular weight excluding hydrogens is 286 g/mol. The minimum atomic E-state index is -2.81. The van der Waals surface area contributed by atoms with Gasteiger partial charge in [-0.25, -0.2) is 0 Å². The van der Waals surface area contributed by atoms with E-state index < -0.39 is 6.61 Å². The number of aromatic nitrogens is 2. The van der Waals surface area contributed by atoms with Gasteiger partial charge in [0.25, 0.3) is 0 Å². The zero-order valence-corrected chi connectivity index (χ0v) is 11.5. The molecule has 0 saturated heterocycles. The van der Waals surface area contributed by atoms with E-state index in [-0.39, 0.29) is 5.75 Å². The Morgan fingerprint density at radius 1 is 1.05 bits per heavy atom. The average molecular weight is 298 g/mol. The maximum absolute atomic E-state index is 12.2. The minimum Gasteiger partial charge on any atom is -0.435 e. The van der Waals surface area contributed by atoms with Crippen LogP contribution in [0.3, 0.4) is 0 Å². The molecule has 1 aliphatic carbocycles. The summed E-state index contributed by atoms with van der Waals surface area (Å²) < 4.78 is 28.7. The second-order valence-electron chi connectivity index (χ2n) is 5.16. The number of ether oxygens (including phenoxy) is 1. The number of fused-ring (bicyclic) bond motifs is 3. The molecule has 0 bridgehead atoms. The number of alkyl halides is 2. The Morgan fingerprint density at radius 2 is 1.82 bits per heavy atom. The molecule has 0 fully saturated rings. The smallest absolute Gasteiger partial charge is 0.387 e. The standard InChI is InChI=1S/C17H12F2N2O/c18-17(19)22-12-7-5-10(6-8-12)15-14-9-11-3-1-2-4-13(11)16(14)21-20-15/h1-8,17H,9H2,(H,20,21). The van der Waals surface area contributed by atoms with Crippen LogP contribution >= 0.6 is 0 Å². The number of halogens is 2. The number of rotatable bonds is 3. The highest BCUT2D eigenvalue weighted by molar-refractivity contribution is 5.81. The lowest BCUT2D eigenvalue weighted by molar-refractivity contribution is -0.0498. The largest absolute Gasteiger partial charge is 0.435 e. The van der Waals surface area contributed by atoms with Gasteiger partial charge in [0.2, 0.25) is 0 Å². The predicted octanol–water partition coefficient (Wildman–Crippen LogP) is 4.25. The summed E-state index contributed by atoms with van der Waals surface area (Å²) in [5.41, 5.74) is 6.36. The van der Waals surface area contributed by atoms with E-state index in [1.54, 1.807) is 12.1 Å². The van der Waals surface area contributed by atoms with Gasteiger partial charge in [-0.2, -0.15) is 13.9 Å². The molecular formula is C17H12F2N2O. The van der Waals surface area contributed by atoms with Crippen molar-refractivity contribution in [3.05, 3.63) is 59.7 Å². The predicted molar refractivity (Wildman–Crippen MR) is 78.9 cm³/mol. The van der Waals surface area contributed by atoms with Crippen molar-refractivity contribution in [3.63, 3.8) is 0 Å².